The number of hydrogen-bond acceptors (Lipinski definition) is 4. The van der Waals surface area contributed by atoms with E-state index in [0.29, 0.717) is 12.3 Å². The van der Waals surface area contributed by atoms with Gasteiger partial charge in [0.2, 0.25) is 12.7 Å². The highest BCUT2D eigenvalue weighted by Gasteiger charge is 2.28. The second-order valence-electron chi connectivity index (χ2n) is 6.47. The first-order valence-electron chi connectivity index (χ1n) is 8.53. The molecular weight excluding hydrogens is 318 g/mol. The van der Waals surface area contributed by atoms with E-state index in [-0.39, 0.29) is 12.7 Å². The van der Waals surface area contributed by atoms with E-state index >= 15 is 0 Å². The van der Waals surface area contributed by atoms with E-state index in [1.807, 2.05) is 41.3 Å². The molecule has 1 saturated heterocycles. The van der Waals surface area contributed by atoms with Gasteiger partial charge in [-0.2, -0.15) is 0 Å². The number of ether oxygens (including phenoxy) is 3. The van der Waals surface area contributed by atoms with Gasteiger partial charge in [0.1, 0.15) is 5.75 Å². The molecule has 0 N–H and O–H groups in total. The van der Waals surface area contributed by atoms with Crippen LogP contribution in [0, 0.1) is 0 Å². The summed E-state index contributed by atoms with van der Waals surface area (Å²) in [5, 5.41) is 0. The van der Waals surface area contributed by atoms with E-state index in [4.69, 9.17) is 14.2 Å². The SMILES string of the molecule is COc1cccc(CC(=O)N2CCC(c3ccc4c(c3)OCO4)C2)c1. The van der Waals surface area contributed by atoms with Gasteiger partial charge in [0.15, 0.2) is 11.5 Å². The van der Waals surface area contributed by atoms with Crippen LogP contribution in [0.5, 0.6) is 17.2 Å². The fourth-order valence-electron chi connectivity index (χ4n) is 3.49. The number of nitrogens with zero attached hydrogens (tertiary/aromatic N) is 1. The predicted molar refractivity (Wildman–Crippen MR) is 93.2 cm³/mol. The zero-order valence-electron chi connectivity index (χ0n) is 14.2. The van der Waals surface area contributed by atoms with Crippen LogP contribution in [0.4, 0.5) is 0 Å². The molecule has 0 aromatic heterocycles. The molecule has 1 unspecified atom stereocenters. The molecule has 0 aliphatic carbocycles. The molecule has 5 heteroatoms. The molecule has 0 spiro atoms. The van der Waals surface area contributed by atoms with Gasteiger partial charge in [-0.3, -0.25) is 4.79 Å². The summed E-state index contributed by atoms with van der Waals surface area (Å²) in [5.41, 5.74) is 2.19. The molecule has 1 atom stereocenters. The zero-order valence-corrected chi connectivity index (χ0v) is 14.2. The lowest BCUT2D eigenvalue weighted by Gasteiger charge is -2.17. The molecule has 2 aromatic rings. The molecule has 4 rings (SSSR count). The molecule has 0 saturated carbocycles. The summed E-state index contributed by atoms with van der Waals surface area (Å²) in [6.07, 6.45) is 1.38. The van der Waals surface area contributed by atoms with Crippen molar-refractivity contribution in [3.05, 3.63) is 53.6 Å². The highest BCUT2D eigenvalue weighted by molar-refractivity contribution is 5.79. The number of likely N-dealkylation sites (tertiary alicyclic amines) is 1. The fraction of sp³-hybridized carbons (Fsp3) is 0.350. The van der Waals surface area contributed by atoms with E-state index in [9.17, 15) is 4.79 Å². The fourth-order valence-corrected chi connectivity index (χ4v) is 3.49. The summed E-state index contributed by atoms with van der Waals surface area (Å²) < 4.78 is 16.0. The second kappa shape index (κ2) is 6.67. The molecule has 0 radical (unpaired) electrons. The Morgan fingerprint density at radius 1 is 1.20 bits per heavy atom. The van der Waals surface area contributed by atoms with Crippen molar-refractivity contribution >= 4 is 5.91 Å². The van der Waals surface area contributed by atoms with E-state index in [1.165, 1.54) is 5.56 Å². The van der Waals surface area contributed by atoms with Crippen molar-refractivity contribution in [2.24, 2.45) is 0 Å². The third-order valence-corrected chi connectivity index (χ3v) is 4.90. The van der Waals surface area contributed by atoms with Crippen molar-refractivity contribution < 1.29 is 19.0 Å². The van der Waals surface area contributed by atoms with Gasteiger partial charge < -0.3 is 19.1 Å². The van der Waals surface area contributed by atoms with Gasteiger partial charge in [-0.05, 0) is 41.8 Å². The number of hydrogen-bond donors (Lipinski definition) is 0. The van der Waals surface area contributed by atoms with Gasteiger partial charge in [0.25, 0.3) is 0 Å². The third kappa shape index (κ3) is 3.27. The van der Waals surface area contributed by atoms with E-state index in [0.717, 1.165) is 42.3 Å². The van der Waals surface area contributed by atoms with Crippen LogP contribution in [0.25, 0.3) is 0 Å². The number of benzene rings is 2. The van der Waals surface area contributed by atoms with E-state index in [2.05, 4.69) is 6.07 Å². The monoisotopic (exact) mass is 339 g/mol. The Bertz CT molecular complexity index is 789. The van der Waals surface area contributed by atoms with Crippen molar-refractivity contribution in [2.45, 2.75) is 18.8 Å². The number of carbonyl (C=O) groups excluding carboxylic acids is 1. The Kier molecular flexibility index (Phi) is 4.22. The number of carbonyl (C=O) groups is 1. The van der Waals surface area contributed by atoms with Crippen LogP contribution in [0.3, 0.4) is 0 Å². The molecule has 25 heavy (non-hydrogen) atoms. The standard InChI is InChI=1S/C20H21NO4/c1-23-17-4-2-3-14(9-17)10-20(22)21-8-7-16(12-21)15-5-6-18-19(11-15)25-13-24-18/h2-6,9,11,16H,7-8,10,12-13H2,1H3. The Morgan fingerprint density at radius 2 is 2.08 bits per heavy atom. The average molecular weight is 339 g/mol. The highest BCUT2D eigenvalue weighted by Crippen LogP contribution is 2.37. The van der Waals surface area contributed by atoms with Gasteiger partial charge >= 0.3 is 0 Å². The molecular formula is C20H21NO4. The van der Waals surface area contributed by atoms with Crippen molar-refractivity contribution in [1.82, 2.24) is 4.90 Å². The van der Waals surface area contributed by atoms with Crippen molar-refractivity contribution in [3.63, 3.8) is 0 Å². The van der Waals surface area contributed by atoms with Crippen LogP contribution in [-0.4, -0.2) is 37.8 Å². The molecule has 2 aliphatic rings. The molecule has 2 aromatic carbocycles. The lowest BCUT2D eigenvalue weighted by Crippen LogP contribution is -2.29. The summed E-state index contributed by atoms with van der Waals surface area (Å²) in [4.78, 5) is 14.6. The van der Waals surface area contributed by atoms with Crippen LogP contribution in [0.15, 0.2) is 42.5 Å². The van der Waals surface area contributed by atoms with Crippen molar-refractivity contribution in [2.75, 3.05) is 27.0 Å². The zero-order chi connectivity index (χ0) is 17.2. The Morgan fingerprint density at radius 3 is 2.96 bits per heavy atom. The normalized spacial score (nSPS) is 18.4. The molecule has 5 nitrogen and oxygen atoms in total. The maximum Gasteiger partial charge on any atom is 0.231 e. The maximum absolute atomic E-state index is 12.6. The smallest absolute Gasteiger partial charge is 0.231 e. The first-order valence-corrected chi connectivity index (χ1v) is 8.53. The molecule has 130 valence electrons. The lowest BCUT2D eigenvalue weighted by atomic mass is 9.98. The summed E-state index contributed by atoms with van der Waals surface area (Å²) >= 11 is 0. The Balaban J connectivity index is 1.40. The van der Waals surface area contributed by atoms with Crippen LogP contribution < -0.4 is 14.2 Å². The largest absolute Gasteiger partial charge is 0.497 e. The predicted octanol–water partition coefficient (Wildman–Crippen LogP) is 2.98. The number of fused-ring (bicyclic) bond motifs is 1. The molecule has 2 heterocycles. The minimum Gasteiger partial charge on any atom is -0.497 e. The second-order valence-corrected chi connectivity index (χ2v) is 6.47. The lowest BCUT2D eigenvalue weighted by molar-refractivity contribution is -0.129. The van der Waals surface area contributed by atoms with Crippen LogP contribution in [0.2, 0.25) is 0 Å². The van der Waals surface area contributed by atoms with Gasteiger partial charge in [0.05, 0.1) is 13.5 Å². The van der Waals surface area contributed by atoms with Crippen LogP contribution in [-0.2, 0) is 11.2 Å². The first kappa shape index (κ1) is 15.8. The average Bonchev–Trinajstić information content (AvgIpc) is 3.30. The number of rotatable bonds is 4. The topological polar surface area (TPSA) is 48.0 Å². The molecule has 1 amide bonds. The minimum absolute atomic E-state index is 0.163. The number of amides is 1. The summed E-state index contributed by atoms with van der Waals surface area (Å²) in [6.45, 7) is 1.83. The summed E-state index contributed by atoms with van der Waals surface area (Å²) in [7, 11) is 1.64. The molecule has 2 aliphatic heterocycles. The van der Waals surface area contributed by atoms with Crippen LogP contribution in [0.1, 0.15) is 23.5 Å². The van der Waals surface area contributed by atoms with Crippen molar-refractivity contribution in [1.29, 1.82) is 0 Å². The first-order chi connectivity index (χ1) is 12.2. The van der Waals surface area contributed by atoms with Gasteiger partial charge in [-0.25, -0.2) is 0 Å². The quantitative estimate of drug-likeness (QED) is 0.859. The third-order valence-electron chi connectivity index (χ3n) is 4.90. The summed E-state index contributed by atoms with van der Waals surface area (Å²) in [6, 6.07) is 13.8. The van der Waals surface area contributed by atoms with Gasteiger partial charge in [0, 0.05) is 19.0 Å². The Labute approximate surface area is 147 Å². The summed E-state index contributed by atoms with van der Waals surface area (Å²) in [5.74, 6) is 2.90. The highest BCUT2D eigenvalue weighted by atomic mass is 16.7. The van der Waals surface area contributed by atoms with Gasteiger partial charge in [-0.15, -0.1) is 0 Å². The number of methoxy groups -OCH3 is 1. The Hall–Kier alpha value is -2.69. The van der Waals surface area contributed by atoms with Crippen molar-refractivity contribution in [3.8, 4) is 17.2 Å². The minimum atomic E-state index is 0.163. The van der Waals surface area contributed by atoms with E-state index in [1.54, 1.807) is 7.11 Å². The molecule has 0 bridgehead atoms. The van der Waals surface area contributed by atoms with Gasteiger partial charge in [-0.1, -0.05) is 18.2 Å². The molecule has 1 fully saturated rings. The van der Waals surface area contributed by atoms with E-state index < -0.39 is 0 Å². The van der Waals surface area contributed by atoms with Crippen LogP contribution >= 0.6 is 0 Å². The maximum atomic E-state index is 12.6.